The van der Waals surface area contributed by atoms with Gasteiger partial charge in [0.05, 0.1) is 12.8 Å². The molecule has 0 unspecified atom stereocenters. The molecule has 1 aliphatic carbocycles. The Morgan fingerprint density at radius 3 is 2.82 bits per heavy atom. The van der Waals surface area contributed by atoms with Crippen molar-refractivity contribution in [2.45, 2.75) is 18.8 Å². The number of ether oxygens (including phenoxy) is 1. The standard InChI is InChI=1S/C13H14N2OS/c1-16-12-5-4-9(6-10(12)8-2-3-8)11-7-17-13(14)15-11/h4-8H,2-3H2,1H3,(H2,14,15). The van der Waals surface area contributed by atoms with Crippen molar-refractivity contribution in [2.24, 2.45) is 0 Å². The van der Waals surface area contributed by atoms with Gasteiger partial charge in [0.2, 0.25) is 0 Å². The van der Waals surface area contributed by atoms with Gasteiger partial charge in [-0.2, -0.15) is 0 Å². The van der Waals surface area contributed by atoms with Crippen LogP contribution in [-0.2, 0) is 0 Å². The highest BCUT2D eigenvalue weighted by Gasteiger charge is 2.27. The summed E-state index contributed by atoms with van der Waals surface area (Å²) in [4.78, 5) is 4.31. The van der Waals surface area contributed by atoms with Gasteiger partial charge in [-0.3, -0.25) is 0 Å². The number of nitrogen functional groups attached to an aromatic ring is 1. The summed E-state index contributed by atoms with van der Waals surface area (Å²) >= 11 is 1.47. The van der Waals surface area contributed by atoms with Crippen LogP contribution in [0.4, 0.5) is 5.13 Å². The van der Waals surface area contributed by atoms with Gasteiger partial charge < -0.3 is 10.5 Å². The Balaban J connectivity index is 2.03. The summed E-state index contributed by atoms with van der Waals surface area (Å²) in [6, 6.07) is 6.25. The summed E-state index contributed by atoms with van der Waals surface area (Å²) in [6.45, 7) is 0. The van der Waals surface area contributed by atoms with Gasteiger partial charge in [0, 0.05) is 10.9 Å². The predicted molar refractivity (Wildman–Crippen MR) is 70.5 cm³/mol. The summed E-state index contributed by atoms with van der Waals surface area (Å²) in [6.07, 6.45) is 2.53. The fraction of sp³-hybridized carbons (Fsp3) is 0.308. The molecular formula is C13H14N2OS. The molecule has 0 bridgehead atoms. The lowest BCUT2D eigenvalue weighted by atomic mass is 10.0. The number of nitrogens with zero attached hydrogens (tertiary/aromatic N) is 1. The van der Waals surface area contributed by atoms with E-state index in [-0.39, 0.29) is 0 Å². The fourth-order valence-electron chi connectivity index (χ4n) is 2.03. The van der Waals surface area contributed by atoms with Gasteiger partial charge in [-0.05, 0) is 42.5 Å². The molecule has 3 rings (SSSR count). The van der Waals surface area contributed by atoms with Crippen LogP contribution in [0.1, 0.15) is 24.3 Å². The highest BCUT2D eigenvalue weighted by atomic mass is 32.1. The number of hydrogen-bond acceptors (Lipinski definition) is 4. The van der Waals surface area contributed by atoms with Crippen LogP contribution in [0, 0.1) is 0 Å². The Hall–Kier alpha value is -1.55. The molecule has 17 heavy (non-hydrogen) atoms. The second-order valence-electron chi connectivity index (χ2n) is 4.30. The monoisotopic (exact) mass is 246 g/mol. The van der Waals surface area contributed by atoms with Crippen molar-refractivity contribution in [1.82, 2.24) is 4.98 Å². The summed E-state index contributed by atoms with van der Waals surface area (Å²) < 4.78 is 5.40. The summed E-state index contributed by atoms with van der Waals surface area (Å²) in [5.41, 5.74) is 9.05. The van der Waals surface area contributed by atoms with Crippen LogP contribution in [0.3, 0.4) is 0 Å². The maximum absolute atomic E-state index is 5.66. The molecule has 3 nitrogen and oxygen atoms in total. The van der Waals surface area contributed by atoms with Gasteiger partial charge in [0.15, 0.2) is 5.13 Å². The van der Waals surface area contributed by atoms with E-state index < -0.39 is 0 Å². The van der Waals surface area contributed by atoms with Crippen LogP contribution in [0.5, 0.6) is 5.75 Å². The molecule has 0 amide bonds. The Morgan fingerprint density at radius 1 is 1.41 bits per heavy atom. The number of benzene rings is 1. The number of hydrogen-bond donors (Lipinski definition) is 1. The van der Waals surface area contributed by atoms with Gasteiger partial charge in [-0.25, -0.2) is 4.98 Å². The lowest BCUT2D eigenvalue weighted by Gasteiger charge is -2.08. The minimum atomic E-state index is 0.615. The van der Waals surface area contributed by atoms with Gasteiger partial charge >= 0.3 is 0 Å². The molecule has 0 radical (unpaired) electrons. The molecule has 1 aromatic carbocycles. The van der Waals surface area contributed by atoms with Crippen molar-refractivity contribution in [3.8, 4) is 17.0 Å². The number of aromatic nitrogens is 1. The van der Waals surface area contributed by atoms with Gasteiger partial charge in [-0.1, -0.05) is 0 Å². The van der Waals surface area contributed by atoms with E-state index in [4.69, 9.17) is 10.5 Å². The second kappa shape index (κ2) is 4.04. The van der Waals surface area contributed by atoms with Crippen molar-refractivity contribution in [1.29, 1.82) is 0 Å². The lowest BCUT2D eigenvalue weighted by Crippen LogP contribution is -1.91. The van der Waals surface area contributed by atoms with Gasteiger partial charge in [0.25, 0.3) is 0 Å². The molecule has 1 aliphatic rings. The molecule has 2 aromatic rings. The molecule has 1 aromatic heterocycles. The Bertz CT molecular complexity index is 546. The maximum atomic E-state index is 5.66. The molecule has 1 saturated carbocycles. The third-order valence-corrected chi connectivity index (χ3v) is 3.74. The minimum Gasteiger partial charge on any atom is -0.496 e. The summed E-state index contributed by atoms with van der Waals surface area (Å²) in [5, 5.41) is 2.61. The zero-order chi connectivity index (χ0) is 11.8. The molecule has 0 spiro atoms. The number of rotatable bonds is 3. The highest BCUT2D eigenvalue weighted by Crippen LogP contribution is 2.45. The number of methoxy groups -OCH3 is 1. The van der Waals surface area contributed by atoms with E-state index in [0.29, 0.717) is 11.0 Å². The van der Waals surface area contributed by atoms with Crippen LogP contribution < -0.4 is 10.5 Å². The van der Waals surface area contributed by atoms with Crippen LogP contribution in [-0.4, -0.2) is 12.1 Å². The summed E-state index contributed by atoms with van der Waals surface area (Å²) in [5.74, 6) is 1.65. The first-order valence-electron chi connectivity index (χ1n) is 5.67. The molecule has 88 valence electrons. The van der Waals surface area contributed by atoms with Crippen molar-refractivity contribution in [2.75, 3.05) is 12.8 Å². The maximum Gasteiger partial charge on any atom is 0.180 e. The molecule has 1 fully saturated rings. The molecule has 0 atom stereocenters. The lowest BCUT2D eigenvalue weighted by molar-refractivity contribution is 0.410. The van der Waals surface area contributed by atoms with E-state index in [1.807, 2.05) is 17.5 Å². The van der Waals surface area contributed by atoms with Crippen LogP contribution in [0.25, 0.3) is 11.3 Å². The zero-order valence-corrected chi connectivity index (χ0v) is 10.5. The molecular weight excluding hydrogens is 232 g/mol. The molecule has 4 heteroatoms. The zero-order valence-electron chi connectivity index (χ0n) is 9.64. The first-order chi connectivity index (χ1) is 8.28. The number of nitrogens with two attached hydrogens (primary N) is 1. The Morgan fingerprint density at radius 2 is 2.24 bits per heavy atom. The van der Waals surface area contributed by atoms with E-state index in [0.717, 1.165) is 17.0 Å². The Kier molecular flexibility index (Phi) is 2.52. The first kappa shape index (κ1) is 10.6. The minimum absolute atomic E-state index is 0.615. The fourth-order valence-corrected chi connectivity index (χ4v) is 2.60. The van der Waals surface area contributed by atoms with E-state index in [2.05, 4.69) is 11.1 Å². The van der Waals surface area contributed by atoms with Crippen molar-refractivity contribution in [3.63, 3.8) is 0 Å². The van der Waals surface area contributed by atoms with Crippen LogP contribution >= 0.6 is 11.3 Å². The van der Waals surface area contributed by atoms with Crippen molar-refractivity contribution < 1.29 is 4.74 Å². The summed E-state index contributed by atoms with van der Waals surface area (Å²) in [7, 11) is 1.72. The largest absolute Gasteiger partial charge is 0.496 e. The van der Waals surface area contributed by atoms with Crippen LogP contribution in [0.15, 0.2) is 23.6 Å². The van der Waals surface area contributed by atoms with Crippen LogP contribution in [0.2, 0.25) is 0 Å². The Labute approximate surface area is 104 Å². The quantitative estimate of drug-likeness (QED) is 0.904. The molecule has 1 heterocycles. The average Bonchev–Trinajstić information content (AvgIpc) is 3.11. The molecule has 0 aliphatic heterocycles. The third-order valence-electron chi connectivity index (χ3n) is 3.06. The number of anilines is 1. The van der Waals surface area contributed by atoms with E-state index in [1.165, 1.54) is 29.7 Å². The van der Waals surface area contributed by atoms with Crippen molar-refractivity contribution >= 4 is 16.5 Å². The van der Waals surface area contributed by atoms with Gasteiger partial charge in [-0.15, -0.1) is 11.3 Å². The predicted octanol–water partition coefficient (Wildman–Crippen LogP) is 3.28. The normalized spacial score (nSPS) is 14.9. The van der Waals surface area contributed by atoms with Gasteiger partial charge in [0.1, 0.15) is 5.75 Å². The van der Waals surface area contributed by atoms with E-state index in [9.17, 15) is 0 Å². The van der Waals surface area contributed by atoms with Crippen molar-refractivity contribution in [3.05, 3.63) is 29.1 Å². The van der Waals surface area contributed by atoms with E-state index in [1.54, 1.807) is 7.11 Å². The highest BCUT2D eigenvalue weighted by molar-refractivity contribution is 7.13. The first-order valence-corrected chi connectivity index (χ1v) is 6.55. The molecule has 2 N–H and O–H groups in total. The third kappa shape index (κ3) is 2.00. The van der Waals surface area contributed by atoms with E-state index >= 15 is 0 Å². The topological polar surface area (TPSA) is 48.1 Å². The number of thiazole rings is 1. The average molecular weight is 246 g/mol. The molecule has 0 saturated heterocycles. The smallest absolute Gasteiger partial charge is 0.180 e. The second-order valence-corrected chi connectivity index (χ2v) is 5.19. The SMILES string of the molecule is COc1ccc(-c2csc(N)n2)cc1C1CC1.